The van der Waals surface area contributed by atoms with Gasteiger partial charge < -0.3 is 14.8 Å². The van der Waals surface area contributed by atoms with Gasteiger partial charge in [-0.25, -0.2) is 4.39 Å². The van der Waals surface area contributed by atoms with Gasteiger partial charge in [0.2, 0.25) is 0 Å². The third-order valence-corrected chi connectivity index (χ3v) is 4.06. The molecule has 0 unspecified atom stereocenters. The number of hydrogen-bond donors (Lipinski definition) is 3. The molecule has 0 atom stereocenters. The van der Waals surface area contributed by atoms with E-state index in [0.717, 1.165) is 12.0 Å². The number of amides is 1. The summed E-state index contributed by atoms with van der Waals surface area (Å²) in [6.07, 6.45) is 0.781. The molecule has 1 amide bonds. The van der Waals surface area contributed by atoms with E-state index in [0.29, 0.717) is 11.5 Å². The molecular formula is C19H20FN3O3S. The van der Waals surface area contributed by atoms with Crippen molar-refractivity contribution in [2.75, 3.05) is 11.9 Å². The summed E-state index contributed by atoms with van der Waals surface area (Å²) in [4.78, 5) is 12.0. The van der Waals surface area contributed by atoms with Crippen molar-refractivity contribution in [1.29, 1.82) is 0 Å². The second-order valence-electron chi connectivity index (χ2n) is 6.68. The van der Waals surface area contributed by atoms with Crippen molar-refractivity contribution in [3.8, 4) is 11.5 Å². The first-order chi connectivity index (χ1) is 12.8. The molecule has 0 saturated carbocycles. The number of carbonyl (C=O) groups is 1. The van der Waals surface area contributed by atoms with Crippen LogP contribution in [0, 0.1) is 5.82 Å². The van der Waals surface area contributed by atoms with Gasteiger partial charge >= 0.3 is 0 Å². The maximum atomic E-state index is 13.6. The van der Waals surface area contributed by atoms with Crippen LogP contribution < -0.4 is 25.6 Å². The molecule has 1 aliphatic rings. The Bertz CT molecular complexity index is 873. The van der Waals surface area contributed by atoms with Gasteiger partial charge in [-0.3, -0.25) is 15.6 Å². The zero-order valence-corrected chi connectivity index (χ0v) is 15.8. The summed E-state index contributed by atoms with van der Waals surface area (Å²) in [5.41, 5.74) is 5.86. The van der Waals surface area contributed by atoms with Crippen LogP contribution in [0.4, 0.5) is 10.1 Å². The van der Waals surface area contributed by atoms with E-state index in [4.69, 9.17) is 21.7 Å². The normalized spacial score (nSPS) is 13.9. The Labute approximate surface area is 162 Å². The number of carbonyl (C=O) groups excluding carboxylic acids is 1. The van der Waals surface area contributed by atoms with Crippen molar-refractivity contribution in [1.82, 2.24) is 10.9 Å². The van der Waals surface area contributed by atoms with E-state index in [2.05, 4.69) is 16.2 Å². The summed E-state index contributed by atoms with van der Waals surface area (Å²) in [7, 11) is 0. The van der Waals surface area contributed by atoms with Crippen molar-refractivity contribution in [3.05, 3.63) is 53.8 Å². The summed E-state index contributed by atoms with van der Waals surface area (Å²) in [5, 5.41) is 2.71. The third kappa shape index (κ3) is 4.85. The first-order valence-corrected chi connectivity index (χ1v) is 8.79. The Kier molecular flexibility index (Phi) is 5.46. The van der Waals surface area contributed by atoms with Crippen LogP contribution in [-0.4, -0.2) is 23.2 Å². The largest absolute Gasteiger partial charge is 0.483 e. The van der Waals surface area contributed by atoms with Crippen molar-refractivity contribution in [3.63, 3.8) is 0 Å². The molecule has 2 aromatic carbocycles. The molecule has 0 fully saturated rings. The lowest BCUT2D eigenvalue weighted by Crippen LogP contribution is -2.45. The highest BCUT2D eigenvalue weighted by molar-refractivity contribution is 7.80. The first kappa shape index (κ1) is 18.9. The van der Waals surface area contributed by atoms with Crippen molar-refractivity contribution in [2.24, 2.45) is 0 Å². The molecule has 1 aliphatic heterocycles. The lowest BCUT2D eigenvalue weighted by Gasteiger charge is -2.18. The maximum absolute atomic E-state index is 13.6. The predicted molar refractivity (Wildman–Crippen MR) is 104 cm³/mol. The lowest BCUT2D eigenvalue weighted by atomic mass is 10.0. The summed E-state index contributed by atoms with van der Waals surface area (Å²) in [5.74, 6) is 0.292. The fraction of sp³-hybridized carbons (Fsp3) is 0.263. The fourth-order valence-corrected chi connectivity index (χ4v) is 2.88. The molecule has 3 rings (SSSR count). The summed E-state index contributed by atoms with van der Waals surface area (Å²) in [6, 6.07) is 11.7. The number of hydrogen-bond acceptors (Lipinski definition) is 4. The number of rotatable bonds is 4. The van der Waals surface area contributed by atoms with Crippen LogP contribution >= 0.6 is 12.2 Å². The van der Waals surface area contributed by atoms with Crippen molar-refractivity contribution in [2.45, 2.75) is 25.9 Å². The maximum Gasteiger partial charge on any atom is 0.276 e. The van der Waals surface area contributed by atoms with E-state index >= 15 is 0 Å². The number of anilines is 1. The Balaban J connectivity index is 1.48. The molecule has 3 N–H and O–H groups in total. The molecule has 1 heterocycles. The fourth-order valence-electron chi connectivity index (χ4n) is 2.72. The van der Waals surface area contributed by atoms with Crippen LogP contribution in [-0.2, 0) is 11.2 Å². The van der Waals surface area contributed by atoms with Gasteiger partial charge in [-0.05, 0) is 44.3 Å². The summed E-state index contributed by atoms with van der Waals surface area (Å²) >= 11 is 5.02. The zero-order valence-electron chi connectivity index (χ0n) is 15.0. The Morgan fingerprint density at radius 3 is 2.78 bits per heavy atom. The van der Waals surface area contributed by atoms with Crippen molar-refractivity contribution >= 4 is 28.9 Å². The summed E-state index contributed by atoms with van der Waals surface area (Å²) < 4.78 is 25.0. The highest BCUT2D eigenvalue weighted by Gasteiger charge is 2.32. The first-order valence-electron chi connectivity index (χ1n) is 8.38. The van der Waals surface area contributed by atoms with Gasteiger partial charge in [-0.2, -0.15) is 0 Å². The van der Waals surface area contributed by atoms with Gasteiger partial charge in [0.25, 0.3) is 5.91 Å². The van der Waals surface area contributed by atoms with Crippen LogP contribution in [0.5, 0.6) is 11.5 Å². The van der Waals surface area contributed by atoms with Crippen LogP contribution in [0.2, 0.25) is 0 Å². The quantitative estimate of drug-likeness (QED) is 0.552. The van der Waals surface area contributed by atoms with E-state index in [1.807, 2.05) is 26.0 Å². The van der Waals surface area contributed by atoms with E-state index in [1.165, 1.54) is 12.1 Å². The van der Waals surface area contributed by atoms with Crippen LogP contribution in [0.1, 0.15) is 19.4 Å². The molecular weight excluding hydrogens is 369 g/mol. The van der Waals surface area contributed by atoms with Crippen LogP contribution in [0.3, 0.4) is 0 Å². The minimum absolute atomic E-state index is 0.0548. The molecule has 27 heavy (non-hydrogen) atoms. The Hall–Kier alpha value is -2.87. The highest BCUT2D eigenvalue weighted by atomic mass is 32.1. The number of benzene rings is 2. The standard InChI is InChI=1S/C19H20FN3O3S/c1-19(2)10-12-6-5-9-15(17(12)26-19)25-11-16(24)22-23-18(27)21-14-8-4-3-7-13(14)20/h3-9H,10-11H2,1-2H3,(H,22,24)(H2,21,23,27). The number of para-hydroxylation sites is 2. The molecule has 0 saturated heterocycles. The van der Waals surface area contributed by atoms with E-state index in [9.17, 15) is 9.18 Å². The second-order valence-corrected chi connectivity index (χ2v) is 7.09. The van der Waals surface area contributed by atoms with Crippen LogP contribution in [0.15, 0.2) is 42.5 Å². The SMILES string of the molecule is CC1(C)Cc2cccc(OCC(=O)NNC(=S)Nc3ccccc3F)c2O1. The molecule has 0 aromatic heterocycles. The van der Waals surface area contributed by atoms with E-state index in [-0.39, 0.29) is 23.0 Å². The van der Waals surface area contributed by atoms with E-state index < -0.39 is 11.7 Å². The number of thiocarbonyl (C=S) groups is 1. The highest BCUT2D eigenvalue weighted by Crippen LogP contribution is 2.41. The number of hydrazine groups is 1. The monoisotopic (exact) mass is 389 g/mol. The van der Waals surface area contributed by atoms with E-state index in [1.54, 1.807) is 18.2 Å². The van der Waals surface area contributed by atoms with Gasteiger partial charge in [0.05, 0.1) is 5.69 Å². The molecule has 8 heteroatoms. The smallest absolute Gasteiger partial charge is 0.276 e. The second kappa shape index (κ2) is 7.79. The molecule has 0 bridgehead atoms. The Morgan fingerprint density at radius 2 is 2.00 bits per heavy atom. The lowest BCUT2D eigenvalue weighted by molar-refractivity contribution is -0.123. The van der Waals surface area contributed by atoms with Gasteiger partial charge in [-0.15, -0.1) is 0 Å². The molecule has 142 valence electrons. The zero-order chi connectivity index (χ0) is 19.4. The van der Waals surface area contributed by atoms with Gasteiger partial charge in [0, 0.05) is 12.0 Å². The molecule has 0 spiro atoms. The average molecular weight is 389 g/mol. The van der Waals surface area contributed by atoms with Crippen molar-refractivity contribution < 1.29 is 18.7 Å². The Morgan fingerprint density at radius 1 is 1.22 bits per heavy atom. The van der Waals surface area contributed by atoms with Gasteiger partial charge in [0.1, 0.15) is 11.4 Å². The third-order valence-electron chi connectivity index (χ3n) is 3.85. The topological polar surface area (TPSA) is 71.6 Å². The summed E-state index contributed by atoms with van der Waals surface area (Å²) in [6.45, 7) is 3.77. The minimum atomic E-state index is -0.447. The predicted octanol–water partition coefficient (Wildman–Crippen LogP) is 2.94. The number of fused-ring (bicyclic) bond motifs is 1. The number of halogens is 1. The minimum Gasteiger partial charge on any atom is -0.483 e. The molecule has 0 aliphatic carbocycles. The number of ether oxygens (including phenoxy) is 2. The molecule has 0 radical (unpaired) electrons. The van der Waals surface area contributed by atoms with Crippen LogP contribution in [0.25, 0.3) is 0 Å². The van der Waals surface area contributed by atoms with Gasteiger partial charge in [-0.1, -0.05) is 24.3 Å². The average Bonchev–Trinajstić information content (AvgIpc) is 2.94. The molecule has 2 aromatic rings. The number of nitrogens with one attached hydrogen (secondary N) is 3. The molecule has 6 nitrogen and oxygen atoms in total. The van der Waals surface area contributed by atoms with Gasteiger partial charge in [0.15, 0.2) is 23.2 Å².